The van der Waals surface area contributed by atoms with Crippen molar-refractivity contribution >= 4 is 17.5 Å². The molecule has 2 aromatic rings. The Kier molecular flexibility index (Phi) is 6.55. The average molecular weight is 324 g/mol. The number of rotatable bonds is 7. The molecule has 0 bridgehead atoms. The summed E-state index contributed by atoms with van der Waals surface area (Å²) in [5.74, 6) is -0.0105. The van der Waals surface area contributed by atoms with Gasteiger partial charge in [0.2, 0.25) is 5.91 Å². The molecule has 0 fully saturated rings. The second kappa shape index (κ2) is 8.87. The van der Waals surface area contributed by atoms with Crippen LogP contribution in [0.3, 0.4) is 0 Å². The van der Waals surface area contributed by atoms with Crippen LogP contribution in [0.5, 0.6) is 0 Å². The van der Waals surface area contributed by atoms with Crippen LogP contribution < -0.4 is 5.32 Å². The lowest BCUT2D eigenvalue weighted by Crippen LogP contribution is -2.30. The zero-order valence-electron chi connectivity index (χ0n) is 14.3. The lowest BCUT2D eigenvalue weighted by Gasteiger charge is -2.21. The predicted octanol–water partition coefficient (Wildman–Crippen LogP) is 4.09. The van der Waals surface area contributed by atoms with Gasteiger partial charge in [-0.3, -0.25) is 9.59 Å². The first kappa shape index (κ1) is 17.7. The maximum atomic E-state index is 12.7. The number of anilines is 1. The van der Waals surface area contributed by atoms with E-state index in [1.54, 1.807) is 29.2 Å². The minimum Gasteiger partial charge on any atom is -0.335 e. The van der Waals surface area contributed by atoms with Gasteiger partial charge in [-0.05, 0) is 43.2 Å². The van der Waals surface area contributed by atoms with Gasteiger partial charge in [-0.1, -0.05) is 37.3 Å². The minimum absolute atomic E-state index is 0.00385. The highest BCUT2D eigenvalue weighted by Gasteiger charge is 2.14. The third-order valence-electron chi connectivity index (χ3n) is 3.78. The van der Waals surface area contributed by atoms with E-state index in [4.69, 9.17) is 0 Å². The number of hydrogen-bond donors (Lipinski definition) is 1. The molecule has 0 spiro atoms. The number of carbonyl (C=O) groups excluding carboxylic acids is 2. The number of amides is 2. The summed E-state index contributed by atoms with van der Waals surface area (Å²) in [5, 5.41) is 2.83. The van der Waals surface area contributed by atoms with Crippen LogP contribution in [-0.2, 0) is 11.3 Å². The molecule has 0 saturated heterocycles. The first-order valence-corrected chi connectivity index (χ1v) is 8.37. The molecule has 0 radical (unpaired) electrons. The minimum atomic E-state index is -0.00668. The largest absolute Gasteiger partial charge is 0.335 e. The van der Waals surface area contributed by atoms with E-state index in [2.05, 4.69) is 5.32 Å². The molecule has 0 aromatic heterocycles. The molecule has 0 atom stereocenters. The predicted molar refractivity (Wildman–Crippen MR) is 96.8 cm³/mol. The standard InChI is InChI=1S/C20H24N2O2/c1-3-8-19(23)21-18-13-11-17(12-14-18)20(24)22(4-2)15-16-9-6-5-7-10-16/h5-7,9-14H,3-4,8,15H2,1-2H3,(H,21,23). The molecular weight excluding hydrogens is 300 g/mol. The van der Waals surface area contributed by atoms with Crippen LogP contribution in [0, 0.1) is 0 Å². The molecule has 0 saturated carbocycles. The molecule has 0 aliphatic carbocycles. The first-order valence-electron chi connectivity index (χ1n) is 8.37. The summed E-state index contributed by atoms with van der Waals surface area (Å²) in [5.41, 5.74) is 2.45. The van der Waals surface area contributed by atoms with Crippen molar-refractivity contribution in [1.82, 2.24) is 4.90 Å². The van der Waals surface area contributed by atoms with Crippen LogP contribution in [0.15, 0.2) is 54.6 Å². The van der Waals surface area contributed by atoms with E-state index in [1.807, 2.05) is 44.2 Å². The monoisotopic (exact) mass is 324 g/mol. The number of nitrogens with zero attached hydrogens (tertiary/aromatic N) is 1. The Morgan fingerprint density at radius 3 is 2.21 bits per heavy atom. The molecule has 0 heterocycles. The van der Waals surface area contributed by atoms with E-state index in [9.17, 15) is 9.59 Å². The molecular formula is C20H24N2O2. The molecule has 0 unspecified atom stereocenters. The molecule has 2 amide bonds. The Hall–Kier alpha value is -2.62. The van der Waals surface area contributed by atoms with Crippen molar-refractivity contribution in [3.05, 3.63) is 65.7 Å². The van der Waals surface area contributed by atoms with Crippen molar-refractivity contribution < 1.29 is 9.59 Å². The summed E-state index contributed by atoms with van der Waals surface area (Å²) in [6.45, 7) is 5.17. The van der Waals surface area contributed by atoms with Gasteiger partial charge in [0, 0.05) is 30.8 Å². The Balaban J connectivity index is 2.03. The smallest absolute Gasteiger partial charge is 0.254 e. The third-order valence-corrected chi connectivity index (χ3v) is 3.78. The van der Waals surface area contributed by atoms with Gasteiger partial charge in [-0.2, -0.15) is 0 Å². The maximum Gasteiger partial charge on any atom is 0.254 e. The summed E-state index contributed by atoms with van der Waals surface area (Å²) in [6, 6.07) is 17.0. The van der Waals surface area contributed by atoms with Crippen molar-refractivity contribution in [2.45, 2.75) is 33.2 Å². The van der Waals surface area contributed by atoms with E-state index in [0.29, 0.717) is 25.1 Å². The Bertz CT molecular complexity index is 666. The summed E-state index contributed by atoms with van der Waals surface area (Å²) < 4.78 is 0. The summed E-state index contributed by atoms with van der Waals surface area (Å²) in [6.07, 6.45) is 1.31. The SMILES string of the molecule is CCCC(=O)Nc1ccc(C(=O)N(CC)Cc2ccccc2)cc1. The van der Waals surface area contributed by atoms with Crippen LogP contribution in [0.2, 0.25) is 0 Å². The van der Waals surface area contributed by atoms with Crippen LogP contribution in [0.1, 0.15) is 42.6 Å². The van der Waals surface area contributed by atoms with Crippen molar-refractivity contribution in [2.24, 2.45) is 0 Å². The van der Waals surface area contributed by atoms with E-state index < -0.39 is 0 Å². The number of carbonyl (C=O) groups is 2. The van der Waals surface area contributed by atoms with Gasteiger partial charge in [-0.25, -0.2) is 0 Å². The van der Waals surface area contributed by atoms with Crippen molar-refractivity contribution in [2.75, 3.05) is 11.9 Å². The quantitative estimate of drug-likeness (QED) is 0.834. The number of hydrogen-bond acceptors (Lipinski definition) is 2. The van der Waals surface area contributed by atoms with Gasteiger partial charge in [0.05, 0.1) is 0 Å². The zero-order chi connectivity index (χ0) is 17.4. The number of nitrogens with one attached hydrogen (secondary N) is 1. The van der Waals surface area contributed by atoms with Crippen LogP contribution in [0.25, 0.3) is 0 Å². The second-order valence-electron chi connectivity index (χ2n) is 5.68. The van der Waals surface area contributed by atoms with Crippen molar-refractivity contribution in [3.8, 4) is 0 Å². The van der Waals surface area contributed by atoms with Crippen molar-refractivity contribution in [3.63, 3.8) is 0 Å². The van der Waals surface area contributed by atoms with E-state index >= 15 is 0 Å². The molecule has 1 N–H and O–H groups in total. The second-order valence-corrected chi connectivity index (χ2v) is 5.68. The zero-order valence-corrected chi connectivity index (χ0v) is 14.3. The molecule has 2 rings (SSSR count). The van der Waals surface area contributed by atoms with Gasteiger partial charge in [0.1, 0.15) is 0 Å². The van der Waals surface area contributed by atoms with E-state index in [-0.39, 0.29) is 11.8 Å². The highest BCUT2D eigenvalue weighted by atomic mass is 16.2. The molecule has 0 aliphatic heterocycles. The van der Waals surface area contributed by atoms with Gasteiger partial charge < -0.3 is 10.2 Å². The van der Waals surface area contributed by atoms with Crippen LogP contribution >= 0.6 is 0 Å². The summed E-state index contributed by atoms with van der Waals surface area (Å²) in [7, 11) is 0. The first-order chi connectivity index (χ1) is 11.6. The fraction of sp³-hybridized carbons (Fsp3) is 0.300. The Morgan fingerprint density at radius 2 is 1.62 bits per heavy atom. The Labute approximate surface area is 143 Å². The lowest BCUT2D eigenvalue weighted by atomic mass is 10.1. The normalized spacial score (nSPS) is 10.2. The van der Waals surface area contributed by atoms with Crippen molar-refractivity contribution in [1.29, 1.82) is 0 Å². The third kappa shape index (κ3) is 4.95. The van der Waals surface area contributed by atoms with E-state index in [1.165, 1.54) is 0 Å². The molecule has 4 heteroatoms. The molecule has 4 nitrogen and oxygen atoms in total. The molecule has 24 heavy (non-hydrogen) atoms. The fourth-order valence-corrected chi connectivity index (χ4v) is 2.46. The molecule has 0 aliphatic rings. The summed E-state index contributed by atoms with van der Waals surface area (Å²) >= 11 is 0. The fourth-order valence-electron chi connectivity index (χ4n) is 2.46. The van der Waals surface area contributed by atoms with Gasteiger partial charge in [0.25, 0.3) is 5.91 Å². The average Bonchev–Trinajstić information content (AvgIpc) is 2.61. The Morgan fingerprint density at radius 1 is 0.958 bits per heavy atom. The van der Waals surface area contributed by atoms with Gasteiger partial charge in [-0.15, -0.1) is 0 Å². The molecule has 126 valence electrons. The summed E-state index contributed by atoms with van der Waals surface area (Å²) in [4.78, 5) is 26.1. The number of benzene rings is 2. The highest BCUT2D eigenvalue weighted by Crippen LogP contribution is 2.14. The topological polar surface area (TPSA) is 49.4 Å². The van der Waals surface area contributed by atoms with Crippen LogP contribution in [0.4, 0.5) is 5.69 Å². The van der Waals surface area contributed by atoms with Crippen LogP contribution in [-0.4, -0.2) is 23.3 Å². The molecule has 2 aromatic carbocycles. The highest BCUT2D eigenvalue weighted by molar-refractivity contribution is 5.95. The van der Waals surface area contributed by atoms with E-state index in [0.717, 1.165) is 17.7 Å². The lowest BCUT2D eigenvalue weighted by molar-refractivity contribution is -0.116. The van der Waals surface area contributed by atoms with Gasteiger partial charge >= 0.3 is 0 Å². The maximum absolute atomic E-state index is 12.7. The van der Waals surface area contributed by atoms with Gasteiger partial charge in [0.15, 0.2) is 0 Å².